The average molecular weight is 297 g/mol. The molecule has 1 N–H and O–H groups in total. The van der Waals surface area contributed by atoms with E-state index in [1.165, 1.54) is 12.1 Å². The van der Waals surface area contributed by atoms with Crippen LogP contribution in [0.4, 0.5) is 0 Å². The molecule has 1 atom stereocenters. The Labute approximate surface area is 124 Å². The summed E-state index contributed by atoms with van der Waals surface area (Å²) in [4.78, 5) is 16.6. The molecule has 1 aromatic carbocycles. The van der Waals surface area contributed by atoms with E-state index in [2.05, 4.69) is 18.7 Å². The Kier molecular flexibility index (Phi) is 4.89. The second-order valence-corrected chi connectivity index (χ2v) is 5.68. The van der Waals surface area contributed by atoms with E-state index in [0.29, 0.717) is 24.2 Å². The van der Waals surface area contributed by atoms with Crippen LogP contribution >= 0.6 is 11.6 Å². The molecule has 2 rings (SSSR count). The van der Waals surface area contributed by atoms with Crippen molar-refractivity contribution in [2.24, 2.45) is 0 Å². The topological polar surface area (TPSA) is 43.8 Å². The largest absolute Gasteiger partial charge is 0.507 e. The summed E-state index contributed by atoms with van der Waals surface area (Å²) in [5.74, 6) is -0.155. The minimum Gasteiger partial charge on any atom is -0.507 e. The van der Waals surface area contributed by atoms with Crippen LogP contribution in [0.2, 0.25) is 5.02 Å². The molecule has 0 radical (unpaired) electrons. The summed E-state index contributed by atoms with van der Waals surface area (Å²) < 4.78 is 0. The quantitative estimate of drug-likeness (QED) is 0.932. The van der Waals surface area contributed by atoms with E-state index < -0.39 is 0 Å². The third kappa shape index (κ3) is 3.25. The fourth-order valence-electron chi connectivity index (χ4n) is 2.47. The van der Waals surface area contributed by atoms with Gasteiger partial charge in [0.25, 0.3) is 5.91 Å². The van der Waals surface area contributed by atoms with Crippen molar-refractivity contribution >= 4 is 17.5 Å². The molecule has 5 heteroatoms. The molecule has 0 aromatic heterocycles. The van der Waals surface area contributed by atoms with Crippen molar-refractivity contribution in [3.63, 3.8) is 0 Å². The first-order valence-corrected chi connectivity index (χ1v) is 7.42. The van der Waals surface area contributed by atoms with E-state index in [1.807, 2.05) is 0 Å². The normalized spacial score (nSPS) is 18.1. The van der Waals surface area contributed by atoms with Gasteiger partial charge in [-0.3, -0.25) is 9.69 Å². The second-order valence-electron chi connectivity index (χ2n) is 5.25. The van der Waals surface area contributed by atoms with Crippen LogP contribution in [-0.4, -0.2) is 53.0 Å². The molecule has 1 saturated heterocycles. The minimum absolute atomic E-state index is 0.0104. The van der Waals surface area contributed by atoms with Crippen LogP contribution in [0.25, 0.3) is 0 Å². The fraction of sp³-hybridized carbons (Fsp3) is 0.533. The Morgan fingerprint density at radius 3 is 2.60 bits per heavy atom. The Balaban J connectivity index is 2.03. The maximum Gasteiger partial charge on any atom is 0.257 e. The predicted molar refractivity (Wildman–Crippen MR) is 80.3 cm³/mol. The summed E-state index contributed by atoms with van der Waals surface area (Å²) >= 11 is 5.89. The van der Waals surface area contributed by atoms with Crippen molar-refractivity contribution in [2.75, 3.05) is 26.2 Å². The number of benzene rings is 1. The number of amides is 1. The molecule has 1 aliphatic heterocycles. The van der Waals surface area contributed by atoms with Crippen LogP contribution in [0.3, 0.4) is 0 Å². The third-order valence-corrected chi connectivity index (χ3v) is 4.24. The maximum atomic E-state index is 12.4. The van der Waals surface area contributed by atoms with Gasteiger partial charge in [0.15, 0.2) is 0 Å². The molecule has 1 unspecified atom stereocenters. The van der Waals surface area contributed by atoms with E-state index in [1.54, 1.807) is 11.0 Å². The van der Waals surface area contributed by atoms with Crippen LogP contribution in [-0.2, 0) is 0 Å². The highest BCUT2D eigenvalue weighted by Gasteiger charge is 2.25. The van der Waals surface area contributed by atoms with Crippen LogP contribution < -0.4 is 0 Å². The van der Waals surface area contributed by atoms with Crippen molar-refractivity contribution in [3.8, 4) is 5.75 Å². The zero-order chi connectivity index (χ0) is 14.7. The number of nitrogens with zero attached hydrogens (tertiary/aromatic N) is 2. The Hall–Kier alpha value is -1.26. The molecule has 0 saturated carbocycles. The molecule has 1 fully saturated rings. The first kappa shape index (κ1) is 15.1. The van der Waals surface area contributed by atoms with Gasteiger partial charge in [-0.05, 0) is 31.5 Å². The van der Waals surface area contributed by atoms with Gasteiger partial charge < -0.3 is 10.0 Å². The number of halogens is 1. The van der Waals surface area contributed by atoms with Crippen LogP contribution in [0.1, 0.15) is 30.6 Å². The number of carbonyl (C=O) groups excluding carboxylic acids is 1. The molecule has 20 heavy (non-hydrogen) atoms. The average Bonchev–Trinajstić information content (AvgIpc) is 2.48. The minimum atomic E-state index is -0.145. The number of aromatic hydroxyl groups is 1. The molecule has 1 aromatic rings. The van der Waals surface area contributed by atoms with Gasteiger partial charge in [-0.2, -0.15) is 0 Å². The summed E-state index contributed by atoms with van der Waals surface area (Å²) in [6.45, 7) is 7.51. The van der Waals surface area contributed by atoms with Crippen LogP contribution in [0.5, 0.6) is 5.75 Å². The maximum absolute atomic E-state index is 12.4. The SMILES string of the molecule is CCC(C)N1CCN(C(=O)c2cc(Cl)ccc2O)CC1. The van der Waals surface area contributed by atoms with Crippen molar-refractivity contribution in [3.05, 3.63) is 28.8 Å². The predicted octanol–water partition coefficient (Wildman–Crippen LogP) is 2.60. The molecule has 1 heterocycles. The summed E-state index contributed by atoms with van der Waals surface area (Å²) in [5, 5.41) is 10.3. The Morgan fingerprint density at radius 1 is 1.35 bits per heavy atom. The number of carbonyl (C=O) groups is 1. The first-order valence-electron chi connectivity index (χ1n) is 7.04. The van der Waals surface area contributed by atoms with Crippen LogP contribution in [0.15, 0.2) is 18.2 Å². The van der Waals surface area contributed by atoms with E-state index in [0.717, 1.165) is 19.5 Å². The highest BCUT2D eigenvalue weighted by Crippen LogP contribution is 2.23. The zero-order valence-corrected chi connectivity index (χ0v) is 12.7. The zero-order valence-electron chi connectivity index (χ0n) is 12.0. The van der Waals surface area contributed by atoms with Gasteiger partial charge in [0, 0.05) is 37.2 Å². The van der Waals surface area contributed by atoms with Crippen molar-refractivity contribution < 1.29 is 9.90 Å². The van der Waals surface area contributed by atoms with Gasteiger partial charge >= 0.3 is 0 Å². The lowest BCUT2D eigenvalue weighted by molar-refractivity contribution is 0.0577. The number of phenols is 1. The number of phenolic OH excluding ortho intramolecular Hbond substituents is 1. The molecule has 0 aliphatic carbocycles. The second kappa shape index (κ2) is 6.46. The molecule has 110 valence electrons. The van der Waals surface area contributed by atoms with Gasteiger partial charge in [0.05, 0.1) is 5.56 Å². The lowest BCUT2D eigenvalue weighted by Gasteiger charge is -2.37. The summed E-state index contributed by atoms with van der Waals surface area (Å²) in [7, 11) is 0. The highest BCUT2D eigenvalue weighted by molar-refractivity contribution is 6.31. The monoisotopic (exact) mass is 296 g/mol. The molecule has 1 amide bonds. The molecule has 1 aliphatic rings. The number of piperazine rings is 1. The van der Waals surface area contributed by atoms with Gasteiger partial charge in [0.2, 0.25) is 0 Å². The summed E-state index contributed by atoms with van der Waals surface area (Å²) in [6.07, 6.45) is 1.11. The third-order valence-electron chi connectivity index (χ3n) is 4.00. The Bertz CT molecular complexity index is 485. The van der Waals surface area contributed by atoms with E-state index in [-0.39, 0.29) is 17.2 Å². The summed E-state index contributed by atoms with van der Waals surface area (Å²) in [5.41, 5.74) is 0.287. The van der Waals surface area contributed by atoms with Gasteiger partial charge in [-0.15, -0.1) is 0 Å². The molecular formula is C15H21ClN2O2. The first-order chi connectivity index (χ1) is 9.52. The summed E-state index contributed by atoms with van der Waals surface area (Å²) in [6, 6.07) is 5.12. The molecular weight excluding hydrogens is 276 g/mol. The smallest absolute Gasteiger partial charge is 0.257 e. The van der Waals surface area contributed by atoms with E-state index >= 15 is 0 Å². The van der Waals surface area contributed by atoms with Gasteiger partial charge in [-0.1, -0.05) is 18.5 Å². The van der Waals surface area contributed by atoms with E-state index in [4.69, 9.17) is 11.6 Å². The molecule has 0 bridgehead atoms. The van der Waals surface area contributed by atoms with Gasteiger partial charge in [-0.25, -0.2) is 0 Å². The Morgan fingerprint density at radius 2 is 2.00 bits per heavy atom. The lowest BCUT2D eigenvalue weighted by Crippen LogP contribution is -2.51. The highest BCUT2D eigenvalue weighted by atomic mass is 35.5. The number of hydrogen-bond donors (Lipinski definition) is 1. The van der Waals surface area contributed by atoms with E-state index in [9.17, 15) is 9.90 Å². The molecule has 0 spiro atoms. The number of hydrogen-bond acceptors (Lipinski definition) is 3. The standard InChI is InChI=1S/C15H21ClN2O2/c1-3-11(2)17-6-8-18(9-7-17)15(20)13-10-12(16)4-5-14(13)19/h4-5,10-11,19H,3,6-9H2,1-2H3. The van der Waals surface area contributed by atoms with Crippen molar-refractivity contribution in [2.45, 2.75) is 26.3 Å². The fourth-order valence-corrected chi connectivity index (χ4v) is 2.65. The van der Waals surface area contributed by atoms with Crippen molar-refractivity contribution in [1.82, 2.24) is 9.80 Å². The lowest BCUT2D eigenvalue weighted by atomic mass is 10.1. The van der Waals surface area contributed by atoms with Crippen LogP contribution in [0, 0.1) is 0 Å². The number of rotatable bonds is 3. The van der Waals surface area contributed by atoms with Gasteiger partial charge in [0.1, 0.15) is 5.75 Å². The van der Waals surface area contributed by atoms with Crippen molar-refractivity contribution in [1.29, 1.82) is 0 Å². The molecule has 4 nitrogen and oxygen atoms in total.